The van der Waals surface area contributed by atoms with E-state index in [-0.39, 0.29) is 24.3 Å². The molecule has 9 nitrogen and oxygen atoms in total. The molecule has 3 aromatic rings. The first-order chi connectivity index (χ1) is 19.4. The van der Waals surface area contributed by atoms with E-state index in [1.807, 2.05) is 49.4 Å². The highest BCUT2D eigenvalue weighted by Gasteiger charge is 2.71. The van der Waals surface area contributed by atoms with Crippen LogP contribution in [0.15, 0.2) is 72.8 Å². The SMILES string of the molecule is COc1ccc(N2C(=O)[C@@H]3[C@H](C)N[C@@]4(C(=O)N(CC(=O)N5CCc6ccccc65)c5ccccc54)[C@H]3C2=O)cc1. The monoisotopic (exact) mass is 536 g/mol. The molecule has 2 saturated heterocycles. The number of carbonyl (C=O) groups excluding carboxylic acids is 4. The van der Waals surface area contributed by atoms with Gasteiger partial charge < -0.3 is 14.5 Å². The maximum atomic E-state index is 14.4. The largest absolute Gasteiger partial charge is 0.497 e. The molecule has 0 bridgehead atoms. The maximum absolute atomic E-state index is 14.4. The molecular weight excluding hydrogens is 508 g/mol. The predicted octanol–water partition coefficient (Wildman–Crippen LogP) is 2.62. The molecule has 0 unspecified atom stereocenters. The van der Waals surface area contributed by atoms with Crippen molar-refractivity contribution in [3.8, 4) is 5.75 Å². The van der Waals surface area contributed by atoms with E-state index in [2.05, 4.69) is 5.32 Å². The lowest BCUT2D eigenvalue weighted by molar-refractivity contribution is -0.132. The number of imide groups is 1. The molecule has 7 rings (SSSR count). The zero-order chi connectivity index (χ0) is 27.8. The number of hydrogen-bond acceptors (Lipinski definition) is 6. The number of fused-ring (bicyclic) bond motifs is 5. The Morgan fingerprint density at radius 2 is 1.65 bits per heavy atom. The molecule has 2 fully saturated rings. The highest BCUT2D eigenvalue weighted by Crippen LogP contribution is 2.55. The van der Waals surface area contributed by atoms with E-state index < -0.39 is 29.3 Å². The molecule has 1 spiro atoms. The Bertz CT molecular complexity index is 1590. The van der Waals surface area contributed by atoms with Gasteiger partial charge in [0.15, 0.2) is 0 Å². The first-order valence-corrected chi connectivity index (χ1v) is 13.5. The van der Waals surface area contributed by atoms with E-state index in [4.69, 9.17) is 4.74 Å². The maximum Gasteiger partial charge on any atom is 0.253 e. The van der Waals surface area contributed by atoms with E-state index in [0.717, 1.165) is 17.7 Å². The second-order valence-corrected chi connectivity index (χ2v) is 10.8. The lowest BCUT2D eigenvalue weighted by Gasteiger charge is -2.30. The summed E-state index contributed by atoms with van der Waals surface area (Å²) < 4.78 is 5.23. The minimum atomic E-state index is -1.45. The molecule has 0 radical (unpaired) electrons. The van der Waals surface area contributed by atoms with E-state index in [1.165, 1.54) is 9.80 Å². The second-order valence-electron chi connectivity index (χ2n) is 10.8. The summed E-state index contributed by atoms with van der Waals surface area (Å²) >= 11 is 0. The van der Waals surface area contributed by atoms with Gasteiger partial charge in [-0.15, -0.1) is 0 Å². The smallest absolute Gasteiger partial charge is 0.253 e. The van der Waals surface area contributed by atoms with Crippen molar-refractivity contribution in [2.75, 3.05) is 34.9 Å². The van der Waals surface area contributed by atoms with Crippen molar-refractivity contribution in [1.29, 1.82) is 0 Å². The Morgan fingerprint density at radius 1 is 0.950 bits per heavy atom. The van der Waals surface area contributed by atoms with Crippen LogP contribution in [-0.4, -0.2) is 49.9 Å². The third kappa shape index (κ3) is 3.18. The summed E-state index contributed by atoms with van der Waals surface area (Å²) in [7, 11) is 1.55. The van der Waals surface area contributed by atoms with E-state index in [0.29, 0.717) is 29.2 Å². The van der Waals surface area contributed by atoms with Gasteiger partial charge in [-0.2, -0.15) is 0 Å². The Hall–Kier alpha value is -4.50. The van der Waals surface area contributed by atoms with Crippen molar-refractivity contribution >= 4 is 40.7 Å². The van der Waals surface area contributed by atoms with E-state index >= 15 is 0 Å². The van der Waals surface area contributed by atoms with E-state index in [9.17, 15) is 19.2 Å². The van der Waals surface area contributed by atoms with Crippen LogP contribution in [0.5, 0.6) is 5.75 Å². The van der Waals surface area contributed by atoms with Gasteiger partial charge in [-0.3, -0.25) is 24.5 Å². The quantitative estimate of drug-likeness (QED) is 0.515. The minimum absolute atomic E-state index is 0.163. The minimum Gasteiger partial charge on any atom is -0.497 e. The standard InChI is InChI=1S/C31H28N4O5/c1-18-26-27(29(38)35(28(26)37)20-11-13-21(40-2)14-12-20)31(32-18)22-8-4-6-10-24(22)34(30(31)39)17-25(36)33-16-15-19-7-3-5-9-23(19)33/h3-14,18,26-27,32H,15-17H2,1-2H3/t18-,26+,27+,31+/m0/s1. The molecule has 0 saturated carbocycles. The topological polar surface area (TPSA) is 99.3 Å². The summed E-state index contributed by atoms with van der Waals surface area (Å²) in [6.07, 6.45) is 0.761. The number of nitrogens with one attached hydrogen (secondary N) is 1. The lowest BCUT2D eigenvalue weighted by atomic mass is 9.76. The predicted molar refractivity (Wildman–Crippen MR) is 148 cm³/mol. The van der Waals surface area contributed by atoms with Crippen LogP contribution in [0.25, 0.3) is 0 Å². The Morgan fingerprint density at radius 3 is 2.40 bits per heavy atom. The second kappa shape index (κ2) is 8.76. The summed E-state index contributed by atoms with van der Waals surface area (Å²) in [6, 6.07) is 21.3. The Kier molecular flexibility index (Phi) is 5.37. The average Bonchev–Trinajstić information content (AvgIpc) is 3.67. The molecule has 4 amide bonds. The molecule has 202 valence electrons. The number of carbonyl (C=O) groups is 4. The number of amides is 4. The molecule has 4 atom stereocenters. The van der Waals surface area contributed by atoms with Crippen LogP contribution in [0, 0.1) is 11.8 Å². The third-order valence-corrected chi connectivity index (χ3v) is 8.83. The van der Waals surface area contributed by atoms with Crippen molar-refractivity contribution in [2.45, 2.75) is 24.9 Å². The molecule has 40 heavy (non-hydrogen) atoms. The van der Waals surface area contributed by atoms with Gasteiger partial charge in [0.2, 0.25) is 17.7 Å². The number of para-hydroxylation sites is 2. The summed E-state index contributed by atoms with van der Waals surface area (Å²) in [5, 5.41) is 3.37. The fraction of sp³-hybridized carbons (Fsp3) is 0.290. The van der Waals surface area contributed by atoms with Gasteiger partial charge in [-0.05, 0) is 55.3 Å². The molecule has 4 heterocycles. The first kappa shape index (κ1) is 24.5. The summed E-state index contributed by atoms with van der Waals surface area (Å²) in [5.41, 5.74) is 2.15. The van der Waals surface area contributed by atoms with Crippen LogP contribution < -0.4 is 24.8 Å². The lowest BCUT2D eigenvalue weighted by Crippen LogP contribution is -2.56. The van der Waals surface area contributed by atoms with Gasteiger partial charge in [-0.25, -0.2) is 4.90 Å². The molecule has 4 aliphatic heterocycles. The molecule has 4 aliphatic rings. The Balaban J connectivity index is 1.26. The van der Waals surface area contributed by atoms with Crippen molar-refractivity contribution < 1.29 is 23.9 Å². The normalized spacial score (nSPS) is 26.5. The van der Waals surface area contributed by atoms with Gasteiger partial charge in [0.05, 0.1) is 24.6 Å². The molecule has 9 heteroatoms. The highest BCUT2D eigenvalue weighted by atomic mass is 16.5. The number of ether oxygens (including phenoxy) is 1. The van der Waals surface area contributed by atoms with Crippen LogP contribution in [0.2, 0.25) is 0 Å². The van der Waals surface area contributed by atoms with E-state index in [1.54, 1.807) is 42.3 Å². The van der Waals surface area contributed by atoms with Gasteiger partial charge in [0.25, 0.3) is 5.91 Å². The fourth-order valence-corrected chi connectivity index (χ4v) is 7.07. The van der Waals surface area contributed by atoms with Gasteiger partial charge in [-0.1, -0.05) is 36.4 Å². The number of benzene rings is 3. The number of rotatable bonds is 4. The zero-order valence-electron chi connectivity index (χ0n) is 22.2. The van der Waals surface area contributed by atoms with Crippen LogP contribution >= 0.6 is 0 Å². The molecule has 1 N–H and O–H groups in total. The van der Waals surface area contributed by atoms with Gasteiger partial charge >= 0.3 is 0 Å². The summed E-state index contributed by atoms with van der Waals surface area (Å²) in [5.74, 6) is -2.41. The number of methoxy groups -OCH3 is 1. The van der Waals surface area contributed by atoms with Crippen molar-refractivity contribution in [2.24, 2.45) is 11.8 Å². The van der Waals surface area contributed by atoms with Crippen LogP contribution in [0.4, 0.5) is 17.1 Å². The average molecular weight is 537 g/mol. The first-order valence-electron chi connectivity index (χ1n) is 13.5. The zero-order valence-corrected chi connectivity index (χ0v) is 22.2. The number of anilines is 3. The molecule has 3 aromatic carbocycles. The molecule has 0 aromatic heterocycles. The Labute approximate surface area is 231 Å². The van der Waals surface area contributed by atoms with Crippen molar-refractivity contribution in [1.82, 2.24) is 5.32 Å². The summed E-state index contributed by atoms with van der Waals surface area (Å²) in [6.45, 7) is 2.22. The van der Waals surface area contributed by atoms with Crippen molar-refractivity contribution in [3.63, 3.8) is 0 Å². The summed E-state index contributed by atoms with van der Waals surface area (Å²) in [4.78, 5) is 60.2. The third-order valence-electron chi connectivity index (χ3n) is 8.83. The molecular formula is C31H28N4O5. The van der Waals surface area contributed by atoms with Crippen molar-refractivity contribution in [3.05, 3.63) is 83.9 Å². The molecule has 0 aliphatic carbocycles. The van der Waals surface area contributed by atoms with Gasteiger partial charge in [0.1, 0.15) is 17.8 Å². The highest BCUT2D eigenvalue weighted by molar-refractivity contribution is 6.26. The van der Waals surface area contributed by atoms with Gasteiger partial charge in [0, 0.05) is 29.5 Å². The number of hydrogen-bond donors (Lipinski definition) is 1. The fourth-order valence-electron chi connectivity index (χ4n) is 7.07. The number of nitrogens with zero attached hydrogens (tertiary/aromatic N) is 3. The van der Waals surface area contributed by atoms with Crippen LogP contribution in [-0.2, 0) is 31.1 Å². The van der Waals surface area contributed by atoms with Crippen LogP contribution in [0.3, 0.4) is 0 Å². The van der Waals surface area contributed by atoms with Crippen LogP contribution in [0.1, 0.15) is 18.1 Å².